The molecule has 92 valence electrons. The first kappa shape index (κ1) is 12.1. The number of carbonyl (C=O) groups excluding carboxylic acids is 1. The van der Waals surface area contributed by atoms with Gasteiger partial charge in [0.25, 0.3) is 0 Å². The van der Waals surface area contributed by atoms with E-state index < -0.39 is 0 Å². The molecule has 0 aliphatic heterocycles. The molecule has 3 N–H and O–H groups in total. The predicted octanol–water partition coefficient (Wildman–Crippen LogP) is 1.57. The van der Waals surface area contributed by atoms with Crippen LogP contribution in [0.5, 0.6) is 0 Å². The number of nitrogens with one attached hydrogen (secondary N) is 1. The van der Waals surface area contributed by atoms with Crippen LogP contribution in [-0.2, 0) is 11.2 Å². The zero-order valence-electron chi connectivity index (χ0n) is 10.1. The van der Waals surface area contributed by atoms with Gasteiger partial charge in [-0.2, -0.15) is 0 Å². The number of fused-ring (bicyclic) bond motifs is 1. The van der Waals surface area contributed by atoms with E-state index in [1.807, 2.05) is 0 Å². The van der Waals surface area contributed by atoms with Crippen molar-refractivity contribution in [3.63, 3.8) is 0 Å². The zero-order chi connectivity index (χ0) is 12.1. The van der Waals surface area contributed by atoms with Crippen LogP contribution >= 0.6 is 0 Å². The number of unbranched alkanes of at least 4 members (excludes halogenated alkanes) is 1. The van der Waals surface area contributed by atoms with Crippen molar-refractivity contribution in [2.24, 2.45) is 5.73 Å². The van der Waals surface area contributed by atoms with E-state index in [0.29, 0.717) is 12.3 Å². The second-order valence-corrected chi connectivity index (χ2v) is 4.73. The van der Waals surface area contributed by atoms with Gasteiger partial charge < -0.3 is 11.1 Å². The third kappa shape index (κ3) is 3.30. The van der Waals surface area contributed by atoms with Crippen LogP contribution < -0.4 is 11.1 Å². The molecule has 0 saturated heterocycles. The van der Waals surface area contributed by atoms with E-state index in [1.54, 1.807) is 0 Å². The van der Waals surface area contributed by atoms with Crippen molar-refractivity contribution in [3.05, 3.63) is 35.4 Å². The summed E-state index contributed by atoms with van der Waals surface area (Å²) in [7, 11) is 0. The van der Waals surface area contributed by atoms with Gasteiger partial charge in [-0.3, -0.25) is 4.79 Å². The van der Waals surface area contributed by atoms with Crippen molar-refractivity contribution in [1.82, 2.24) is 5.32 Å². The van der Waals surface area contributed by atoms with Crippen LogP contribution in [0.3, 0.4) is 0 Å². The van der Waals surface area contributed by atoms with Gasteiger partial charge in [-0.05, 0) is 36.9 Å². The van der Waals surface area contributed by atoms with Gasteiger partial charge in [0, 0.05) is 18.9 Å². The Kier molecular flexibility index (Phi) is 4.15. The number of hydrogen-bond donors (Lipinski definition) is 2. The summed E-state index contributed by atoms with van der Waals surface area (Å²) >= 11 is 0. The Bertz CT molecular complexity index is 390. The molecule has 0 fully saturated rings. The van der Waals surface area contributed by atoms with Crippen molar-refractivity contribution < 1.29 is 4.79 Å². The molecule has 1 aliphatic rings. The number of hydrogen-bond acceptors (Lipinski definition) is 2. The third-order valence-corrected chi connectivity index (χ3v) is 3.38. The van der Waals surface area contributed by atoms with Gasteiger partial charge in [0.15, 0.2) is 0 Å². The Morgan fingerprint density at radius 2 is 2.18 bits per heavy atom. The molecular weight excluding hydrogens is 212 g/mol. The predicted molar refractivity (Wildman–Crippen MR) is 68.8 cm³/mol. The molecule has 1 amide bonds. The maximum Gasteiger partial charge on any atom is 0.217 e. The standard InChI is InChI=1S/C14H20N2O/c15-14(17)7-3-4-8-16-10-12-9-11-5-1-2-6-13(11)12/h1-2,5-6,12,16H,3-4,7-10H2,(H2,15,17). The van der Waals surface area contributed by atoms with Gasteiger partial charge in [-0.15, -0.1) is 0 Å². The van der Waals surface area contributed by atoms with Gasteiger partial charge in [-0.1, -0.05) is 24.3 Å². The van der Waals surface area contributed by atoms with E-state index in [4.69, 9.17) is 5.73 Å². The summed E-state index contributed by atoms with van der Waals surface area (Å²) in [5.74, 6) is 0.486. The summed E-state index contributed by atoms with van der Waals surface area (Å²) in [4.78, 5) is 10.5. The highest BCUT2D eigenvalue weighted by molar-refractivity contribution is 5.73. The molecule has 0 heterocycles. The van der Waals surface area contributed by atoms with Gasteiger partial charge in [-0.25, -0.2) is 0 Å². The van der Waals surface area contributed by atoms with Gasteiger partial charge in [0.2, 0.25) is 5.91 Å². The van der Waals surface area contributed by atoms with Crippen molar-refractivity contribution in [3.8, 4) is 0 Å². The van der Waals surface area contributed by atoms with Crippen LogP contribution in [0.2, 0.25) is 0 Å². The Morgan fingerprint density at radius 1 is 1.35 bits per heavy atom. The van der Waals surface area contributed by atoms with E-state index >= 15 is 0 Å². The Morgan fingerprint density at radius 3 is 2.94 bits per heavy atom. The summed E-state index contributed by atoms with van der Waals surface area (Å²) in [5.41, 5.74) is 8.07. The van der Waals surface area contributed by atoms with Crippen LogP contribution in [-0.4, -0.2) is 19.0 Å². The van der Waals surface area contributed by atoms with E-state index in [1.165, 1.54) is 17.5 Å². The van der Waals surface area contributed by atoms with Crippen LogP contribution in [0, 0.1) is 0 Å². The quantitative estimate of drug-likeness (QED) is 0.701. The fraction of sp³-hybridized carbons (Fsp3) is 0.500. The molecule has 0 radical (unpaired) electrons. The Labute approximate surface area is 102 Å². The van der Waals surface area contributed by atoms with Crippen LogP contribution in [0.4, 0.5) is 0 Å². The van der Waals surface area contributed by atoms with E-state index in [2.05, 4.69) is 29.6 Å². The van der Waals surface area contributed by atoms with Crippen molar-refractivity contribution in [2.75, 3.05) is 13.1 Å². The smallest absolute Gasteiger partial charge is 0.217 e. The molecule has 1 atom stereocenters. The number of carbonyl (C=O) groups is 1. The fourth-order valence-corrected chi connectivity index (χ4v) is 2.37. The summed E-state index contributed by atoms with van der Waals surface area (Å²) in [5, 5.41) is 3.45. The van der Waals surface area contributed by atoms with Gasteiger partial charge >= 0.3 is 0 Å². The molecular formula is C14H20N2O. The zero-order valence-corrected chi connectivity index (χ0v) is 10.1. The number of nitrogens with two attached hydrogens (primary N) is 1. The second kappa shape index (κ2) is 5.82. The molecule has 1 unspecified atom stereocenters. The minimum absolute atomic E-state index is 0.196. The summed E-state index contributed by atoms with van der Waals surface area (Å²) in [6, 6.07) is 8.64. The van der Waals surface area contributed by atoms with E-state index in [0.717, 1.165) is 25.9 Å². The second-order valence-electron chi connectivity index (χ2n) is 4.73. The molecule has 0 aromatic heterocycles. The number of primary amides is 1. The lowest BCUT2D eigenvalue weighted by atomic mass is 9.77. The lowest BCUT2D eigenvalue weighted by Gasteiger charge is -2.30. The Balaban J connectivity index is 1.57. The summed E-state index contributed by atoms with van der Waals surface area (Å²) in [6.07, 6.45) is 3.62. The monoisotopic (exact) mass is 232 g/mol. The first-order chi connectivity index (χ1) is 8.27. The minimum atomic E-state index is -0.196. The third-order valence-electron chi connectivity index (χ3n) is 3.38. The molecule has 1 aliphatic carbocycles. The largest absolute Gasteiger partial charge is 0.370 e. The minimum Gasteiger partial charge on any atom is -0.370 e. The highest BCUT2D eigenvalue weighted by Crippen LogP contribution is 2.33. The molecule has 3 heteroatoms. The lowest BCUT2D eigenvalue weighted by molar-refractivity contribution is -0.118. The number of benzene rings is 1. The number of amides is 1. The van der Waals surface area contributed by atoms with Crippen molar-refractivity contribution in [1.29, 1.82) is 0 Å². The average molecular weight is 232 g/mol. The molecule has 3 nitrogen and oxygen atoms in total. The van der Waals surface area contributed by atoms with Crippen LogP contribution in [0.1, 0.15) is 36.3 Å². The summed E-state index contributed by atoms with van der Waals surface area (Å²) in [6.45, 7) is 2.03. The van der Waals surface area contributed by atoms with Crippen molar-refractivity contribution >= 4 is 5.91 Å². The summed E-state index contributed by atoms with van der Waals surface area (Å²) < 4.78 is 0. The Hall–Kier alpha value is -1.35. The van der Waals surface area contributed by atoms with E-state index in [9.17, 15) is 4.79 Å². The molecule has 0 bridgehead atoms. The molecule has 1 aromatic rings. The highest BCUT2D eigenvalue weighted by Gasteiger charge is 2.24. The first-order valence-corrected chi connectivity index (χ1v) is 6.34. The maximum absolute atomic E-state index is 10.5. The molecule has 0 spiro atoms. The topological polar surface area (TPSA) is 55.1 Å². The van der Waals surface area contributed by atoms with Crippen LogP contribution in [0.15, 0.2) is 24.3 Å². The first-order valence-electron chi connectivity index (χ1n) is 6.34. The van der Waals surface area contributed by atoms with E-state index in [-0.39, 0.29) is 5.91 Å². The molecule has 17 heavy (non-hydrogen) atoms. The van der Waals surface area contributed by atoms with Crippen molar-refractivity contribution in [2.45, 2.75) is 31.6 Å². The molecule has 0 saturated carbocycles. The lowest BCUT2D eigenvalue weighted by Crippen LogP contribution is -2.29. The SMILES string of the molecule is NC(=O)CCCCNCC1Cc2ccccc21. The van der Waals surface area contributed by atoms with Crippen LogP contribution in [0.25, 0.3) is 0 Å². The molecule has 2 rings (SSSR count). The number of rotatable bonds is 7. The molecule has 1 aromatic carbocycles. The maximum atomic E-state index is 10.5. The normalized spacial score (nSPS) is 17.3. The van der Waals surface area contributed by atoms with Gasteiger partial charge in [0.05, 0.1) is 0 Å². The fourth-order valence-electron chi connectivity index (χ4n) is 2.37. The highest BCUT2D eigenvalue weighted by atomic mass is 16.1. The average Bonchev–Trinajstić information content (AvgIpc) is 2.28. The van der Waals surface area contributed by atoms with Gasteiger partial charge in [0.1, 0.15) is 0 Å².